The monoisotopic (exact) mass is 296 g/mol. The molecule has 0 N–H and O–H groups in total. The van der Waals surface area contributed by atoms with E-state index >= 15 is 0 Å². The van der Waals surface area contributed by atoms with Crippen LogP contribution in [0.15, 0.2) is 36.4 Å². The van der Waals surface area contributed by atoms with E-state index in [-0.39, 0.29) is 0 Å². The van der Waals surface area contributed by atoms with Crippen molar-refractivity contribution in [3.05, 3.63) is 42.0 Å². The Morgan fingerprint density at radius 3 is 2.36 bits per heavy atom. The SMILES string of the molecule is CCCC1CCC(c2ccc3cc(OCC)ccc3c2)CC1. The zero-order valence-corrected chi connectivity index (χ0v) is 14.0. The average molecular weight is 296 g/mol. The highest BCUT2D eigenvalue weighted by Gasteiger charge is 2.21. The number of ether oxygens (including phenoxy) is 1. The third kappa shape index (κ3) is 3.45. The molecule has 1 fully saturated rings. The van der Waals surface area contributed by atoms with Crippen LogP contribution in [0.4, 0.5) is 0 Å². The molecular weight excluding hydrogens is 268 g/mol. The molecule has 0 aromatic heterocycles. The quantitative estimate of drug-likeness (QED) is 0.628. The summed E-state index contributed by atoms with van der Waals surface area (Å²) >= 11 is 0. The van der Waals surface area contributed by atoms with Gasteiger partial charge in [-0.3, -0.25) is 0 Å². The Hall–Kier alpha value is -1.50. The van der Waals surface area contributed by atoms with Crippen molar-refractivity contribution < 1.29 is 4.74 Å². The topological polar surface area (TPSA) is 9.23 Å². The van der Waals surface area contributed by atoms with Crippen LogP contribution in [0.5, 0.6) is 5.75 Å². The van der Waals surface area contributed by atoms with Crippen molar-refractivity contribution in [1.82, 2.24) is 0 Å². The Bertz CT molecular complexity index is 608. The maximum Gasteiger partial charge on any atom is 0.119 e. The summed E-state index contributed by atoms with van der Waals surface area (Å²) in [6.07, 6.45) is 8.33. The molecule has 1 aliphatic carbocycles. The summed E-state index contributed by atoms with van der Waals surface area (Å²) in [4.78, 5) is 0. The van der Waals surface area contributed by atoms with Crippen molar-refractivity contribution in [2.24, 2.45) is 5.92 Å². The Balaban J connectivity index is 1.74. The van der Waals surface area contributed by atoms with Gasteiger partial charge in [0.05, 0.1) is 6.61 Å². The fraction of sp³-hybridized carbons (Fsp3) is 0.524. The van der Waals surface area contributed by atoms with E-state index < -0.39 is 0 Å². The number of benzene rings is 2. The molecular formula is C21H28O. The molecule has 118 valence electrons. The first-order chi connectivity index (χ1) is 10.8. The van der Waals surface area contributed by atoms with Gasteiger partial charge in [0.15, 0.2) is 0 Å². The summed E-state index contributed by atoms with van der Waals surface area (Å²) in [6, 6.07) is 13.4. The summed E-state index contributed by atoms with van der Waals surface area (Å²) in [7, 11) is 0. The first kappa shape index (κ1) is 15.4. The standard InChI is InChI=1S/C21H28O/c1-3-5-16-6-8-17(9-7-16)18-10-11-20-15-21(22-4-2)13-12-19(20)14-18/h10-17H,3-9H2,1-2H3. The average Bonchev–Trinajstić information content (AvgIpc) is 2.56. The summed E-state index contributed by atoms with van der Waals surface area (Å²) in [5.74, 6) is 2.72. The minimum atomic E-state index is 0.727. The second kappa shape index (κ2) is 7.17. The molecule has 1 saturated carbocycles. The van der Waals surface area contributed by atoms with Gasteiger partial charge < -0.3 is 4.74 Å². The van der Waals surface area contributed by atoms with Crippen LogP contribution < -0.4 is 4.74 Å². The molecule has 22 heavy (non-hydrogen) atoms. The molecule has 2 aromatic rings. The molecule has 0 unspecified atom stereocenters. The van der Waals surface area contributed by atoms with Crippen LogP contribution in [0.3, 0.4) is 0 Å². The Morgan fingerprint density at radius 2 is 1.64 bits per heavy atom. The molecule has 0 bridgehead atoms. The molecule has 1 heteroatoms. The van der Waals surface area contributed by atoms with Crippen LogP contribution in [0.25, 0.3) is 10.8 Å². The molecule has 2 aromatic carbocycles. The van der Waals surface area contributed by atoms with E-state index in [9.17, 15) is 0 Å². The fourth-order valence-corrected chi connectivity index (χ4v) is 3.95. The predicted octanol–water partition coefficient (Wildman–Crippen LogP) is 6.31. The van der Waals surface area contributed by atoms with Crippen molar-refractivity contribution in [2.75, 3.05) is 6.61 Å². The van der Waals surface area contributed by atoms with E-state index in [0.717, 1.165) is 24.2 Å². The maximum atomic E-state index is 5.60. The molecule has 1 aliphatic rings. The summed E-state index contributed by atoms with van der Waals surface area (Å²) in [6.45, 7) is 5.07. The van der Waals surface area contributed by atoms with Crippen LogP contribution in [-0.4, -0.2) is 6.61 Å². The molecule has 3 rings (SSSR count). The van der Waals surface area contributed by atoms with E-state index in [0.29, 0.717) is 0 Å². The van der Waals surface area contributed by atoms with E-state index in [2.05, 4.69) is 43.3 Å². The lowest BCUT2D eigenvalue weighted by Gasteiger charge is -2.28. The molecule has 0 radical (unpaired) electrons. The van der Waals surface area contributed by atoms with E-state index in [1.807, 2.05) is 6.92 Å². The van der Waals surface area contributed by atoms with Gasteiger partial charge in [-0.05, 0) is 72.9 Å². The minimum absolute atomic E-state index is 0.727. The first-order valence-corrected chi connectivity index (χ1v) is 8.96. The van der Waals surface area contributed by atoms with Crippen LogP contribution >= 0.6 is 0 Å². The van der Waals surface area contributed by atoms with Gasteiger partial charge in [-0.1, -0.05) is 44.0 Å². The highest BCUT2D eigenvalue weighted by molar-refractivity contribution is 5.84. The largest absolute Gasteiger partial charge is 0.494 e. The Morgan fingerprint density at radius 1 is 0.909 bits per heavy atom. The zero-order chi connectivity index (χ0) is 15.4. The van der Waals surface area contributed by atoms with Gasteiger partial charge in [0.1, 0.15) is 5.75 Å². The molecule has 0 saturated heterocycles. The highest BCUT2D eigenvalue weighted by Crippen LogP contribution is 2.38. The second-order valence-corrected chi connectivity index (χ2v) is 6.71. The number of hydrogen-bond acceptors (Lipinski definition) is 1. The van der Waals surface area contributed by atoms with Gasteiger partial charge in [-0.25, -0.2) is 0 Å². The zero-order valence-electron chi connectivity index (χ0n) is 14.0. The van der Waals surface area contributed by atoms with Crippen LogP contribution in [0.2, 0.25) is 0 Å². The van der Waals surface area contributed by atoms with Gasteiger partial charge >= 0.3 is 0 Å². The summed E-state index contributed by atoms with van der Waals surface area (Å²) < 4.78 is 5.60. The van der Waals surface area contributed by atoms with Crippen LogP contribution in [-0.2, 0) is 0 Å². The third-order valence-corrected chi connectivity index (χ3v) is 5.16. The van der Waals surface area contributed by atoms with Gasteiger partial charge in [-0.2, -0.15) is 0 Å². The third-order valence-electron chi connectivity index (χ3n) is 5.16. The van der Waals surface area contributed by atoms with Gasteiger partial charge in [-0.15, -0.1) is 0 Å². The maximum absolute atomic E-state index is 5.60. The number of rotatable bonds is 5. The van der Waals surface area contributed by atoms with E-state index in [1.165, 1.54) is 54.9 Å². The van der Waals surface area contributed by atoms with Crippen molar-refractivity contribution in [3.8, 4) is 5.75 Å². The molecule has 0 spiro atoms. The number of hydrogen-bond donors (Lipinski definition) is 0. The summed E-state index contributed by atoms with van der Waals surface area (Å²) in [5.41, 5.74) is 1.53. The lowest BCUT2D eigenvalue weighted by atomic mass is 9.77. The summed E-state index contributed by atoms with van der Waals surface area (Å²) in [5, 5.41) is 2.63. The molecule has 0 heterocycles. The normalized spacial score (nSPS) is 21.9. The van der Waals surface area contributed by atoms with E-state index in [4.69, 9.17) is 4.74 Å². The van der Waals surface area contributed by atoms with Crippen LogP contribution in [0, 0.1) is 5.92 Å². The fourth-order valence-electron chi connectivity index (χ4n) is 3.95. The highest BCUT2D eigenvalue weighted by atomic mass is 16.5. The van der Waals surface area contributed by atoms with Crippen LogP contribution in [0.1, 0.15) is 63.9 Å². The second-order valence-electron chi connectivity index (χ2n) is 6.71. The van der Waals surface area contributed by atoms with Crippen molar-refractivity contribution >= 4 is 10.8 Å². The lowest BCUT2D eigenvalue weighted by molar-refractivity contribution is 0.308. The van der Waals surface area contributed by atoms with Gasteiger partial charge in [0, 0.05) is 0 Å². The van der Waals surface area contributed by atoms with Crippen molar-refractivity contribution in [3.63, 3.8) is 0 Å². The first-order valence-electron chi connectivity index (χ1n) is 8.96. The van der Waals surface area contributed by atoms with E-state index in [1.54, 1.807) is 0 Å². The van der Waals surface area contributed by atoms with Gasteiger partial charge in [0.25, 0.3) is 0 Å². The molecule has 0 aliphatic heterocycles. The molecule has 0 atom stereocenters. The Labute approximate surface area is 134 Å². The molecule has 1 nitrogen and oxygen atoms in total. The van der Waals surface area contributed by atoms with Crippen molar-refractivity contribution in [1.29, 1.82) is 0 Å². The number of fused-ring (bicyclic) bond motifs is 1. The van der Waals surface area contributed by atoms with Crippen molar-refractivity contribution in [2.45, 2.75) is 58.3 Å². The lowest BCUT2D eigenvalue weighted by Crippen LogP contribution is -2.13. The predicted molar refractivity (Wildman–Crippen MR) is 94.7 cm³/mol. The Kier molecular flexibility index (Phi) is 5.02. The molecule has 0 amide bonds. The minimum Gasteiger partial charge on any atom is -0.494 e. The smallest absolute Gasteiger partial charge is 0.119 e. The van der Waals surface area contributed by atoms with Gasteiger partial charge in [0.2, 0.25) is 0 Å².